The van der Waals surface area contributed by atoms with Gasteiger partial charge in [-0.3, -0.25) is 4.79 Å². The molecule has 3 aromatic rings. The van der Waals surface area contributed by atoms with Crippen molar-refractivity contribution in [1.82, 2.24) is 9.29 Å². The molecule has 0 saturated carbocycles. The summed E-state index contributed by atoms with van der Waals surface area (Å²) in [5.41, 5.74) is -0.502. The van der Waals surface area contributed by atoms with Crippen molar-refractivity contribution in [2.75, 3.05) is 24.5 Å². The first-order chi connectivity index (χ1) is 14.5. The first-order valence-electron chi connectivity index (χ1n) is 9.01. The Balaban J connectivity index is 1.65. The number of nitrogens with zero attached hydrogens (tertiary/aromatic N) is 3. The predicted molar refractivity (Wildman–Crippen MR) is 112 cm³/mol. The Morgan fingerprint density at radius 3 is 2.61 bits per heavy atom. The monoisotopic (exact) mass is 489 g/mol. The van der Waals surface area contributed by atoms with Gasteiger partial charge in [-0.05, 0) is 48.2 Å². The first kappa shape index (κ1) is 21.8. The highest BCUT2D eigenvalue weighted by molar-refractivity contribution is 7.92. The number of thiophene rings is 1. The minimum absolute atomic E-state index is 0.0142. The summed E-state index contributed by atoms with van der Waals surface area (Å²) in [4.78, 5) is 17.6. The first-order valence-corrected chi connectivity index (χ1v) is 11.6. The van der Waals surface area contributed by atoms with E-state index in [9.17, 15) is 26.4 Å². The van der Waals surface area contributed by atoms with Crippen LogP contribution in [0, 0.1) is 6.92 Å². The number of fused-ring (bicyclic) bond motifs is 1. The van der Waals surface area contributed by atoms with E-state index in [0.29, 0.717) is 20.7 Å². The number of aromatic nitrogens is 1. The second-order valence-electron chi connectivity index (χ2n) is 6.92. The van der Waals surface area contributed by atoms with Gasteiger partial charge in [-0.2, -0.15) is 13.2 Å². The lowest BCUT2D eigenvalue weighted by molar-refractivity contribution is -0.137. The Kier molecular flexibility index (Phi) is 5.39. The summed E-state index contributed by atoms with van der Waals surface area (Å²) < 4.78 is 67.7. The maximum Gasteiger partial charge on any atom is 0.419 e. The molecule has 0 spiro atoms. The Morgan fingerprint density at radius 1 is 1.19 bits per heavy atom. The highest BCUT2D eigenvalue weighted by Gasteiger charge is 2.40. The summed E-state index contributed by atoms with van der Waals surface area (Å²) in [6.45, 7) is 0.700. The number of sulfonamides is 1. The molecule has 0 N–H and O–H groups in total. The van der Waals surface area contributed by atoms with Crippen molar-refractivity contribution >= 4 is 54.8 Å². The van der Waals surface area contributed by atoms with Gasteiger partial charge in [0.2, 0.25) is 0 Å². The molecule has 164 valence electrons. The zero-order valence-electron chi connectivity index (χ0n) is 16.0. The Bertz CT molecular complexity index is 1290. The van der Waals surface area contributed by atoms with Gasteiger partial charge in [0.1, 0.15) is 10.0 Å². The number of carbonyl (C=O) groups is 1. The molecular formula is C19H15ClF3N3O3S2. The third-order valence-corrected chi connectivity index (χ3v) is 8.87. The van der Waals surface area contributed by atoms with E-state index < -0.39 is 40.0 Å². The van der Waals surface area contributed by atoms with Crippen LogP contribution in [0.3, 0.4) is 0 Å². The molecule has 2 aromatic heterocycles. The molecule has 0 aliphatic carbocycles. The summed E-state index contributed by atoms with van der Waals surface area (Å²) in [5.74, 6) is -1.21. The van der Waals surface area contributed by atoms with Gasteiger partial charge in [-0.15, -0.1) is 11.3 Å². The van der Waals surface area contributed by atoms with E-state index in [1.807, 2.05) is 0 Å². The van der Waals surface area contributed by atoms with Gasteiger partial charge < -0.3 is 4.90 Å². The van der Waals surface area contributed by atoms with Crippen LogP contribution in [0.25, 0.3) is 10.1 Å². The number of pyridine rings is 1. The third-order valence-electron chi connectivity index (χ3n) is 4.95. The number of piperazine rings is 1. The van der Waals surface area contributed by atoms with Crippen molar-refractivity contribution in [3.63, 3.8) is 0 Å². The van der Waals surface area contributed by atoms with Crippen LogP contribution >= 0.6 is 22.9 Å². The Hall–Kier alpha value is -2.37. The molecule has 1 fully saturated rings. The summed E-state index contributed by atoms with van der Waals surface area (Å²) in [6.07, 6.45) is -3.45. The SMILES string of the molecule is Cc1c(S(=O)(=O)N2CCN(c3ncccc3C(F)(F)F)CC2=O)sc2ccc(Cl)cc12. The van der Waals surface area contributed by atoms with Crippen LogP contribution in [0.2, 0.25) is 5.02 Å². The summed E-state index contributed by atoms with van der Waals surface area (Å²) in [5, 5.41) is 1.13. The van der Waals surface area contributed by atoms with Crippen LogP contribution in [0.1, 0.15) is 11.1 Å². The molecule has 0 radical (unpaired) electrons. The van der Waals surface area contributed by atoms with Crippen molar-refractivity contribution in [2.45, 2.75) is 17.3 Å². The van der Waals surface area contributed by atoms with E-state index in [4.69, 9.17) is 11.6 Å². The number of carbonyl (C=O) groups excluding carboxylic acids is 1. The van der Waals surface area contributed by atoms with Gasteiger partial charge in [0.15, 0.2) is 0 Å². The number of halogens is 4. The number of amides is 1. The zero-order valence-corrected chi connectivity index (χ0v) is 18.4. The lowest BCUT2D eigenvalue weighted by atomic mass is 10.2. The van der Waals surface area contributed by atoms with E-state index >= 15 is 0 Å². The van der Waals surface area contributed by atoms with Crippen molar-refractivity contribution in [1.29, 1.82) is 0 Å². The van der Waals surface area contributed by atoms with Crippen LogP contribution in [0.5, 0.6) is 0 Å². The van der Waals surface area contributed by atoms with Crippen molar-refractivity contribution in [2.24, 2.45) is 0 Å². The van der Waals surface area contributed by atoms with Crippen LogP contribution in [-0.2, 0) is 21.0 Å². The number of aryl methyl sites for hydroxylation is 1. The highest BCUT2D eigenvalue weighted by atomic mass is 35.5. The fourth-order valence-electron chi connectivity index (χ4n) is 3.48. The lowest BCUT2D eigenvalue weighted by Gasteiger charge is -2.35. The Morgan fingerprint density at radius 2 is 1.94 bits per heavy atom. The standard InChI is InChI=1S/C19H15ClF3N3O3S2/c1-11-13-9-12(20)4-5-15(13)30-18(11)31(28,29)26-8-7-25(10-16(26)27)17-14(19(21,22)23)3-2-6-24-17/h2-6,9H,7-8,10H2,1H3. The highest BCUT2D eigenvalue weighted by Crippen LogP contribution is 2.38. The maximum absolute atomic E-state index is 13.3. The van der Waals surface area contributed by atoms with Crippen LogP contribution in [-0.4, -0.2) is 43.2 Å². The van der Waals surface area contributed by atoms with Gasteiger partial charge in [0.25, 0.3) is 15.9 Å². The fourth-order valence-corrected chi connectivity index (χ4v) is 6.88. The normalized spacial score (nSPS) is 15.7. The zero-order chi connectivity index (χ0) is 22.6. The Labute approximate surface area is 184 Å². The minimum Gasteiger partial charge on any atom is -0.345 e. The van der Waals surface area contributed by atoms with Crippen LogP contribution in [0.15, 0.2) is 40.7 Å². The molecule has 0 bridgehead atoms. The lowest BCUT2D eigenvalue weighted by Crippen LogP contribution is -2.53. The fraction of sp³-hybridized carbons (Fsp3) is 0.263. The van der Waals surface area contributed by atoms with E-state index in [0.717, 1.165) is 32.7 Å². The number of hydrogen-bond donors (Lipinski definition) is 0. The maximum atomic E-state index is 13.3. The minimum atomic E-state index is -4.65. The molecule has 1 aliphatic heterocycles. The number of alkyl halides is 3. The largest absolute Gasteiger partial charge is 0.419 e. The molecule has 6 nitrogen and oxygen atoms in total. The van der Waals surface area contributed by atoms with Crippen molar-refractivity contribution in [3.05, 3.63) is 52.7 Å². The molecule has 12 heteroatoms. The molecule has 1 amide bonds. The summed E-state index contributed by atoms with van der Waals surface area (Å²) in [6, 6.07) is 7.04. The van der Waals surface area contributed by atoms with Crippen LogP contribution in [0.4, 0.5) is 19.0 Å². The molecular weight excluding hydrogens is 475 g/mol. The van der Waals surface area contributed by atoms with Gasteiger partial charge >= 0.3 is 6.18 Å². The quantitative estimate of drug-likeness (QED) is 0.548. The second kappa shape index (κ2) is 7.64. The van der Waals surface area contributed by atoms with E-state index in [2.05, 4.69) is 4.98 Å². The predicted octanol–water partition coefficient (Wildman–Crippen LogP) is 4.31. The van der Waals surface area contributed by atoms with Crippen LogP contribution < -0.4 is 4.90 Å². The van der Waals surface area contributed by atoms with Gasteiger partial charge in [0, 0.05) is 22.5 Å². The topological polar surface area (TPSA) is 70.6 Å². The third kappa shape index (κ3) is 3.85. The number of hydrogen-bond acceptors (Lipinski definition) is 6. The number of rotatable bonds is 3. The number of anilines is 1. The van der Waals surface area contributed by atoms with Crippen molar-refractivity contribution < 1.29 is 26.4 Å². The smallest absolute Gasteiger partial charge is 0.345 e. The van der Waals surface area contributed by atoms with E-state index in [-0.39, 0.29) is 17.3 Å². The molecule has 1 aliphatic rings. The van der Waals surface area contributed by atoms with Gasteiger partial charge in [-0.25, -0.2) is 17.7 Å². The molecule has 1 saturated heterocycles. The molecule has 0 unspecified atom stereocenters. The molecule has 0 atom stereocenters. The van der Waals surface area contributed by atoms with Gasteiger partial charge in [0.05, 0.1) is 18.7 Å². The van der Waals surface area contributed by atoms with Crippen molar-refractivity contribution in [3.8, 4) is 0 Å². The number of benzene rings is 1. The average Bonchev–Trinajstić information content (AvgIpc) is 3.04. The molecule has 4 rings (SSSR count). The molecule has 31 heavy (non-hydrogen) atoms. The molecule has 1 aromatic carbocycles. The van der Waals surface area contributed by atoms with E-state index in [1.165, 1.54) is 6.20 Å². The van der Waals surface area contributed by atoms with E-state index in [1.54, 1.807) is 25.1 Å². The average molecular weight is 490 g/mol. The summed E-state index contributed by atoms with van der Waals surface area (Å²) in [7, 11) is -4.17. The van der Waals surface area contributed by atoms with Gasteiger partial charge in [-0.1, -0.05) is 11.6 Å². The summed E-state index contributed by atoms with van der Waals surface area (Å²) >= 11 is 7.03. The molecule has 3 heterocycles. The second-order valence-corrected chi connectivity index (χ2v) is 10.5.